The van der Waals surface area contributed by atoms with Crippen molar-refractivity contribution in [2.24, 2.45) is 17.8 Å². The highest BCUT2D eigenvalue weighted by Gasteiger charge is 2.29. The van der Waals surface area contributed by atoms with Crippen LogP contribution in [0.5, 0.6) is 0 Å². The molecule has 0 aliphatic heterocycles. The third kappa shape index (κ3) is 3.52. The molecule has 0 bridgehead atoms. The average molecular weight is 292 g/mol. The molecule has 2 unspecified atom stereocenters. The molecule has 2 atom stereocenters. The van der Waals surface area contributed by atoms with Gasteiger partial charge in [-0.2, -0.15) is 4.98 Å². The van der Waals surface area contributed by atoms with E-state index in [9.17, 15) is 9.59 Å². The largest absolute Gasteiger partial charge is 0.481 e. The minimum absolute atomic E-state index is 0.218. The van der Waals surface area contributed by atoms with E-state index in [1.165, 1.54) is 12.8 Å². The molecule has 0 radical (unpaired) electrons. The Balaban J connectivity index is 2.32. The molecule has 1 aromatic rings. The number of carboxylic acids is 1. The summed E-state index contributed by atoms with van der Waals surface area (Å²) in [5, 5.41) is 9.09. The minimum Gasteiger partial charge on any atom is -0.481 e. The van der Waals surface area contributed by atoms with Gasteiger partial charge in [-0.3, -0.25) is 9.36 Å². The summed E-state index contributed by atoms with van der Waals surface area (Å²) in [6, 6.07) is 0. The standard InChI is InChI=1S/C16H24N2O3/c1-9(15(19)20)7-14-11(3)17-16(21)18(12(14)4)8-10(2)13-5-6-13/h9-10,13H,5-8H2,1-4H3,(H,19,20). The van der Waals surface area contributed by atoms with Gasteiger partial charge in [0.2, 0.25) is 0 Å². The molecule has 0 amide bonds. The molecule has 116 valence electrons. The smallest absolute Gasteiger partial charge is 0.347 e. The van der Waals surface area contributed by atoms with Crippen LogP contribution in [0.1, 0.15) is 43.6 Å². The second-order valence-electron chi connectivity index (χ2n) is 6.41. The predicted octanol–water partition coefficient (Wildman–Crippen LogP) is 2.17. The van der Waals surface area contributed by atoms with Crippen molar-refractivity contribution in [3.05, 3.63) is 27.4 Å². The SMILES string of the molecule is Cc1nc(=O)n(CC(C)C2CC2)c(C)c1CC(C)C(=O)O. The van der Waals surface area contributed by atoms with E-state index in [-0.39, 0.29) is 5.69 Å². The van der Waals surface area contributed by atoms with Crippen molar-refractivity contribution in [1.29, 1.82) is 0 Å². The van der Waals surface area contributed by atoms with Crippen molar-refractivity contribution in [3.8, 4) is 0 Å². The number of aliphatic carboxylic acids is 1. The van der Waals surface area contributed by atoms with Crippen molar-refractivity contribution in [2.45, 2.75) is 53.5 Å². The van der Waals surface area contributed by atoms with E-state index >= 15 is 0 Å². The van der Waals surface area contributed by atoms with Gasteiger partial charge in [0, 0.05) is 17.9 Å². The average Bonchev–Trinajstić information content (AvgIpc) is 3.23. The minimum atomic E-state index is -0.821. The van der Waals surface area contributed by atoms with Gasteiger partial charge in [0.25, 0.3) is 0 Å². The number of hydrogen-bond acceptors (Lipinski definition) is 3. The molecule has 1 aliphatic carbocycles. The normalized spacial score (nSPS) is 17.5. The molecule has 0 aromatic carbocycles. The molecule has 1 aromatic heterocycles. The highest BCUT2D eigenvalue weighted by atomic mass is 16.4. The number of aromatic nitrogens is 2. The fourth-order valence-electron chi connectivity index (χ4n) is 2.85. The van der Waals surface area contributed by atoms with Crippen molar-refractivity contribution < 1.29 is 9.90 Å². The lowest BCUT2D eigenvalue weighted by molar-refractivity contribution is -0.141. The fraction of sp³-hybridized carbons (Fsp3) is 0.688. The first kappa shape index (κ1) is 15.7. The van der Waals surface area contributed by atoms with Crippen LogP contribution in [-0.4, -0.2) is 20.6 Å². The zero-order valence-electron chi connectivity index (χ0n) is 13.2. The van der Waals surface area contributed by atoms with Crippen LogP contribution in [0.2, 0.25) is 0 Å². The van der Waals surface area contributed by atoms with Gasteiger partial charge in [-0.15, -0.1) is 0 Å². The van der Waals surface area contributed by atoms with Gasteiger partial charge in [0.15, 0.2) is 0 Å². The van der Waals surface area contributed by atoms with Gasteiger partial charge in [0.1, 0.15) is 0 Å². The second kappa shape index (κ2) is 6.00. The van der Waals surface area contributed by atoms with E-state index in [2.05, 4.69) is 11.9 Å². The van der Waals surface area contributed by atoms with Gasteiger partial charge in [-0.05, 0) is 50.5 Å². The van der Waals surface area contributed by atoms with Crippen LogP contribution in [0.25, 0.3) is 0 Å². The number of hydrogen-bond donors (Lipinski definition) is 1. The number of carboxylic acid groups (broad SMARTS) is 1. The Hall–Kier alpha value is -1.65. The lowest BCUT2D eigenvalue weighted by Gasteiger charge is -2.19. The second-order valence-corrected chi connectivity index (χ2v) is 6.41. The highest BCUT2D eigenvalue weighted by molar-refractivity contribution is 5.70. The van der Waals surface area contributed by atoms with Crippen LogP contribution in [0.3, 0.4) is 0 Å². The van der Waals surface area contributed by atoms with E-state index in [0.29, 0.717) is 24.6 Å². The summed E-state index contributed by atoms with van der Waals surface area (Å²) in [5.41, 5.74) is 2.20. The predicted molar refractivity (Wildman–Crippen MR) is 80.4 cm³/mol. The van der Waals surface area contributed by atoms with Crippen molar-refractivity contribution in [1.82, 2.24) is 9.55 Å². The van der Waals surface area contributed by atoms with Crippen LogP contribution >= 0.6 is 0 Å². The van der Waals surface area contributed by atoms with Crippen LogP contribution in [0.15, 0.2) is 4.79 Å². The Morgan fingerprint density at radius 2 is 2.00 bits per heavy atom. The molecule has 1 N–H and O–H groups in total. The van der Waals surface area contributed by atoms with E-state index in [1.807, 2.05) is 6.92 Å². The first-order valence-electron chi connectivity index (χ1n) is 7.61. The Morgan fingerprint density at radius 3 is 2.52 bits per heavy atom. The van der Waals surface area contributed by atoms with Gasteiger partial charge in [-0.25, -0.2) is 4.79 Å². The molecule has 1 heterocycles. The van der Waals surface area contributed by atoms with E-state index in [1.54, 1.807) is 18.4 Å². The van der Waals surface area contributed by atoms with Crippen molar-refractivity contribution in [2.75, 3.05) is 0 Å². The maximum absolute atomic E-state index is 12.1. The molecular weight excluding hydrogens is 268 g/mol. The first-order chi connectivity index (χ1) is 9.81. The maximum Gasteiger partial charge on any atom is 0.347 e. The Morgan fingerprint density at radius 1 is 1.38 bits per heavy atom. The topological polar surface area (TPSA) is 72.2 Å². The third-order valence-corrected chi connectivity index (χ3v) is 4.60. The summed E-state index contributed by atoms with van der Waals surface area (Å²) < 4.78 is 1.72. The first-order valence-corrected chi connectivity index (χ1v) is 7.61. The van der Waals surface area contributed by atoms with Crippen LogP contribution < -0.4 is 5.69 Å². The zero-order chi connectivity index (χ0) is 15.7. The van der Waals surface area contributed by atoms with Crippen LogP contribution in [0.4, 0.5) is 0 Å². The number of aryl methyl sites for hydroxylation is 1. The van der Waals surface area contributed by atoms with E-state index in [0.717, 1.165) is 17.2 Å². The molecule has 5 nitrogen and oxygen atoms in total. The maximum atomic E-state index is 12.1. The molecular formula is C16H24N2O3. The lowest BCUT2D eigenvalue weighted by atomic mass is 9.98. The summed E-state index contributed by atoms with van der Waals surface area (Å²) in [6.45, 7) is 8.22. The zero-order valence-corrected chi connectivity index (χ0v) is 13.2. The Kier molecular flexibility index (Phi) is 4.49. The summed E-state index contributed by atoms with van der Waals surface area (Å²) in [7, 11) is 0. The molecule has 0 saturated heterocycles. The van der Waals surface area contributed by atoms with Crippen molar-refractivity contribution >= 4 is 5.97 Å². The summed E-state index contributed by atoms with van der Waals surface area (Å²) in [6.07, 6.45) is 2.91. The number of carbonyl (C=O) groups is 1. The lowest BCUT2D eigenvalue weighted by Crippen LogP contribution is -2.31. The Labute approximate surface area is 125 Å². The summed E-state index contributed by atoms with van der Waals surface area (Å²) in [5.74, 6) is -0.108. The molecule has 0 spiro atoms. The Bertz CT molecular complexity index is 602. The highest BCUT2D eigenvalue weighted by Crippen LogP contribution is 2.37. The van der Waals surface area contributed by atoms with Gasteiger partial charge in [0.05, 0.1) is 5.92 Å². The molecule has 1 saturated carbocycles. The van der Waals surface area contributed by atoms with E-state index in [4.69, 9.17) is 5.11 Å². The molecule has 5 heteroatoms. The number of rotatable bonds is 6. The fourth-order valence-corrected chi connectivity index (χ4v) is 2.85. The number of nitrogens with zero attached hydrogens (tertiary/aromatic N) is 2. The molecule has 1 aliphatic rings. The third-order valence-electron chi connectivity index (χ3n) is 4.60. The summed E-state index contributed by atoms with van der Waals surface area (Å²) >= 11 is 0. The molecule has 1 fully saturated rings. The van der Waals surface area contributed by atoms with Gasteiger partial charge < -0.3 is 5.11 Å². The monoisotopic (exact) mass is 292 g/mol. The molecule has 21 heavy (non-hydrogen) atoms. The van der Waals surface area contributed by atoms with Gasteiger partial charge in [-0.1, -0.05) is 13.8 Å². The van der Waals surface area contributed by atoms with Gasteiger partial charge >= 0.3 is 11.7 Å². The quantitative estimate of drug-likeness (QED) is 0.872. The molecule has 2 rings (SSSR count). The summed E-state index contributed by atoms with van der Waals surface area (Å²) in [4.78, 5) is 27.3. The van der Waals surface area contributed by atoms with E-state index < -0.39 is 11.9 Å². The van der Waals surface area contributed by atoms with Crippen LogP contribution in [0, 0.1) is 31.6 Å². The van der Waals surface area contributed by atoms with Crippen molar-refractivity contribution in [3.63, 3.8) is 0 Å². The van der Waals surface area contributed by atoms with Crippen LogP contribution in [-0.2, 0) is 17.8 Å².